The van der Waals surface area contributed by atoms with Gasteiger partial charge in [0.2, 0.25) is 0 Å². The predicted octanol–water partition coefficient (Wildman–Crippen LogP) is 0.740. The van der Waals surface area contributed by atoms with Crippen molar-refractivity contribution in [1.29, 1.82) is 0 Å². The first-order valence-corrected chi connectivity index (χ1v) is 8.09. The van der Waals surface area contributed by atoms with Crippen LogP contribution in [0.15, 0.2) is 6.07 Å². The van der Waals surface area contributed by atoms with Crippen LogP contribution in [0, 0.1) is 25.6 Å². The molecule has 2 rings (SSSR count). The van der Waals surface area contributed by atoms with E-state index < -0.39 is 30.5 Å². The lowest BCUT2D eigenvalue weighted by Gasteiger charge is -2.36. The zero-order chi connectivity index (χ0) is 18.0. The standard InChI is InChI=1S/C17H25FN2O4/c1-9-7-12(22)14(15(18)10(9)2)16(19)11-3-5-20(6-4-11)17(24)13(23)8-21/h7,11,13,16,21-23H,3-6,8,19H2,1-2H3. The molecule has 24 heavy (non-hydrogen) atoms. The molecule has 0 saturated carbocycles. The Labute approximate surface area is 140 Å². The summed E-state index contributed by atoms with van der Waals surface area (Å²) in [5.74, 6) is -1.21. The molecule has 1 heterocycles. The van der Waals surface area contributed by atoms with Gasteiger partial charge in [-0.2, -0.15) is 0 Å². The highest BCUT2D eigenvalue weighted by Crippen LogP contribution is 2.37. The minimum absolute atomic E-state index is 0.0807. The number of amides is 1. The van der Waals surface area contributed by atoms with Gasteiger partial charge in [0.1, 0.15) is 11.6 Å². The van der Waals surface area contributed by atoms with Gasteiger partial charge in [-0.3, -0.25) is 4.79 Å². The van der Waals surface area contributed by atoms with Gasteiger partial charge in [0.15, 0.2) is 6.10 Å². The lowest BCUT2D eigenvalue weighted by Crippen LogP contribution is -2.46. The molecule has 7 heteroatoms. The van der Waals surface area contributed by atoms with Gasteiger partial charge >= 0.3 is 0 Å². The van der Waals surface area contributed by atoms with E-state index in [0.29, 0.717) is 37.1 Å². The number of likely N-dealkylation sites (tertiary alicyclic amines) is 1. The molecule has 0 aromatic heterocycles. The van der Waals surface area contributed by atoms with Gasteiger partial charge < -0.3 is 26.0 Å². The molecule has 1 aliphatic rings. The number of hydrogen-bond acceptors (Lipinski definition) is 5. The van der Waals surface area contributed by atoms with E-state index in [9.17, 15) is 19.4 Å². The van der Waals surface area contributed by atoms with Gasteiger partial charge in [0.25, 0.3) is 5.91 Å². The Balaban J connectivity index is 2.10. The number of benzene rings is 1. The molecule has 0 radical (unpaired) electrons. The van der Waals surface area contributed by atoms with E-state index in [-0.39, 0.29) is 17.2 Å². The number of carbonyl (C=O) groups is 1. The van der Waals surface area contributed by atoms with E-state index in [1.54, 1.807) is 13.8 Å². The molecule has 1 saturated heterocycles. The van der Waals surface area contributed by atoms with Crippen LogP contribution in [0.2, 0.25) is 0 Å². The summed E-state index contributed by atoms with van der Waals surface area (Å²) in [4.78, 5) is 13.3. The third-order valence-corrected chi connectivity index (χ3v) is 4.94. The van der Waals surface area contributed by atoms with Crippen molar-refractivity contribution in [3.05, 3.63) is 28.6 Å². The van der Waals surface area contributed by atoms with Crippen LogP contribution in [-0.4, -0.2) is 51.9 Å². The first-order chi connectivity index (χ1) is 11.3. The normalized spacial score (nSPS) is 18.5. The van der Waals surface area contributed by atoms with Crippen LogP contribution in [0.1, 0.15) is 35.6 Å². The minimum atomic E-state index is -1.41. The zero-order valence-corrected chi connectivity index (χ0v) is 14.0. The van der Waals surface area contributed by atoms with Crippen LogP contribution in [0.4, 0.5) is 4.39 Å². The maximum Gasteiger partial charge on any atom is 0.253 e. The number of aromatic hydroxyl groups is 1. The maximum absolute atomic E-state index is 14.5. The molecule has 134 valence electrons. The monoisotopic (exact) mass is 340 g/mol. The van der Waals surface area contributed by atoms with Crippen molar-refractivity contribution in [3.63, 3.8) is 0 Å². The summed E-state index contributed by atoms with van der Waals surface area (Å²) in [6, 6.07) is 0.855. The van der Waals surface area contributed by atoms with Crippen molar-refractivity contribution in [1.82, 2.24) is 4.90 Å². The van der Waals surface area contributed by atoms with Crippen LogP contribution in [-0.2, 0) is 4.79 Å². The second-order valence-electron chi connectivity index (χ2n) is 6.45. The number of aliphatic hydroxyl groups excluding tert-OH is 2. The van der Waals surface area contributed by atoms with E-state index in [0.717, 1.165) is 0 Å². The molecular formula is C17H25FN2O4. The minimum Gasteiger partial charge on any atom is -0.507 e. The number of aryl methyl sites for hydroxylation is 1. The van der Waals surface area contributed by atoms with Crippen LogP contribution >= 0.6 is 0 Å². The van der Waals surface area contributed by atoms with Gasteiger partial charge in [-0.15, -0.1) is 0 Å². The Hall–Kier alpha value is -1.70. The molecule has 0 aliphatic carbocycles. The third kappa shape index (κ3) is 3.53. The third-order valence-electron chi connectivity index (χ3n) is 4.94. The van der Waals surface area contributed by atoms with Gasteiger partial charge in [-0.1, -0.05) is 0 Å². The molecule has 5 N–H and O–H groups in total. The van der Waals surface area contributed by atoms with Gasteiger partial charge in [0, 0.05) is 24.7 Å². The van der Waals surface area contributed by atoms with Crippen molar-refractivity contribution in [3.8, 4) is 5.75 Å². The lowest BCUT2D eigenvalue weighted by atomic mass is 9.84. The first kappa shape index (κ1) is 18.6. The van der Waals surface area contributed by atoms with Crippen molar-refractivity contribution in [2.45, 2.75) is 38.8 Å². The number of nitrogens with two attached hydrogens (primary N) is 1. The van der Waals surface area contributed by atoms with E-state index in [1.165, 1.54) is 11.0 Å². The van der Waals surface area contributed by atoms with E-state index in [2.05, 4.69) is 0 Å². The fourth-order valence-corrected chi connectivity index (χ4v) is 3.20. The molecule has 1 aliphatic heterocycles. The average Bonchev–Trinajstić information content (AvgIpc) is 2.58. The highest BCUT2D eigenvalue weighted by atomic mass is 19.1. The summed E-state index contributed by atoms with van der Waals surface area (Å²) >= 11 is 0. The predicted molar refractivity (Wildman–Crippen MR) is 86.9 cm³/mol. The Morgan fingerprint density at radius 3 is 2.54 bits per heavy atom. The number of carbonyl (C=O) groups excluding carboxylic acids is 1. The second kappa shape index (κ2) is 7.46. The molecule has 6 nitrogen and oxygen atoms in total. The Kier molecular flexibility index (Phi) is 5.79. The number of rotatable bonds is 4. The number of piperidine rings is 1. The number of phenolic OH excluding ortho intramolecular Hbond substituents is 1. The molecule has 1 amide bonds. The van der Waals surface area contributed by atoms with E-state index in [1.807, 2.05) is 0 Å². The average molecular weight is 340 g/mol. The van der Waals surface area contributed by atoms with Crippen LogP contribution in [0.3, 0.4) is 0 Å². The molecule has 1 aromatic carbocycles. The number of hydrogen-bond donors (Lipinski definition) is 4. The molecule has 1 fully saturated rings. The Bertz CT molecular complexity index is 615. The zero-order valence-electron chi connectivity index (χ0n) is 14.0. The quantitative estimate of drug-likeness (QED) is 0.647. The highest BCUT2D eigenvalue weighted by Gasteiger charge is 2.32. The number of nitrogens with zero attached hydrogens (tertiary/aromatic N) is 1. The molecule has 2 unspecified atom stereocenters. The van der Waals surface area contributed by atoms with Gasteiger partial charge in [0.05, 0.1) is 6.61 Å². The van der Waals surface area contributed by atoms with Crippen molar-refractivity contribution in [2.24, 2.45) is 11.7 Å². The smallest absolute Gasteiger partial charge is 0.253 e. The summed E-state index contributed by atoms with van der Waals surface area (Å²) in [7, 11) is 0. The maximum atomic E-state index is 14.5. The van der Waals surface area contributed by atoms with Gasteiger partial charge in [-0.05, 0) is 49.8 Å². The number of halogens is 1. The van der Waals surface area contributed by atoms with Crippen molar-refractivity contribution < 1.29 is 24.5 Å². The van der Waals surface area contributed by atoms with Gasteiger partial charge in [-0.25, -0.2) is 4.39 Å². The summed E-state index contributed by atoms with van der Waals surface area (Å²) in [5, 5.41) is 28.4. The first-order valence-electron chi connectivity index (χ1n) is 8.09. The second-order valence-corrected chi connectivity index (χ2v) is 6.45. The summed E-state index contributed by atoms with van der Waals surface area (Å²) in [6.45, 7) is 3.52. The molecular weight excluding hydrogens is 315 g/mol. The topological polar surface area (TPSA) is 107 Å². The molecule has 1 aromatic rings. The number of phenols is 1. The Morgan fingerprint density at radius 2 is 2.00 bits per heavy atom. The van der Waals surface area contributed by atoms with Crippen molar-refractivity contribution in [2.75, 3.05) is 19.7 Å². The lowest BCUT2D eigenvalue weighted by molar-refractivity contribution is -0.143. The SMILES string of the molecule is Cc1cc(O)c(C(N)C2CCN(C(=O)C(O)CO)CC2)c(F)c1C. The summed E-state index contributed by atoms with van der Waals surface area (Å²) in [5.41, 5.74) is 7.46. The molecule has 0 bridgehead atoms. The highest BCUT2D eigenvalue weighted by molar-refractivity contribution is 5.80. The van der Waals surface area contributed by atoms with E-state index in [4.69, 9.17) is 10.8 Å². The Morgan fingerprint density at radius 1 is 1.42 bits per heavy atom. The van der Waals surface area contributed by atoms with Crippen LogP contribution < -0.4 is 5.73 Å². The number of aliphatic hydroxyl groups is 2. The van der Waals surface area contributed by atoms with Crippen LogP contribution in [0.25, 0.3) is 0 Å². The summed E-state index contributed by atoms with van der Waals surface area (Å²) < 4.78 is 14.5. The fourth-order valence-electron chi connectivity index (χ4n) is 3.20. The summed E-state index contributed by atoms with van der Waals surface area (Å²) in [6.07, 6.45) is -0.329. The van der Waals surface area contributed by atoms with E-state index >= 15 is 0 Å². The van der Waals surface area contributed by atoms with Crippen molar-refractivity contribution >= 4 is 5.91 Å². The fraction of sp³-hybridized carbons (Fsp3) is 0.588. The molecule has 2 atom stereocenters. The molecule has 0 spiro atoms. The van der Waals surface area contributed by atoms with Crippen LogP contribution in [0.5, 0.6) is 5.75 Å². The largest absolute Gasteiger partial charge is 0.507 e.